The van der Waals surface area contributed by atoms with Crippen molar-refractivity contribution in [2.75, 3.05) is 0 Å². The van der Waals surface area contributed by atoms with Crippen LogP contribution >= 0.6 is 0 Å². The number of hydrogen-bond acceptors (Lipinski definition) is 3. The minimum absolute atomic E-state index is 0.115. The van der Waals surface area contributed by atoms with Crippen LogP contribution in [-0.4, -0.2) is 21.4 Å². The summed E-state index contributed by atoms with van der Waals surface area (Å²) in [6.45, 7) is 4.27. The molecule has 1 unspecified atom stereocenters. The standard InChI is InChI=1S/C20H24N4O/c1-3-12-20(2,21)19(25)22-13-14-8-10-15(11-9-14)18-23-16-6-4-5-7-17(16)24-18/h4-11H,3,12-13,21H2,1-2H3,(H,22,25)(H,23,24). The fourth-order valence-corrected chi connectivity index (χ4v) is 2.89. The SMILES string of the molecule is CCCC(C)(N)C(=O)NCc1ccc(-c2nc3ccccc3[nH]2)cc1. The normalized spacial score (nSPS) is 13.6. The van der Waals surface area contributed by atoms with Gasteiger partial charge in [-0.1, -0.05) is 49.7 Å². The first kappa shape index (κ1) is 17.2. The highest BCUT2D eigenvalue weighted by molar-refractivity contribution is 5.85. The second kappa shape index (κ2) is 7.07. The zero-order valence-electron chi connectivity index (χ0n) is 14.7. The van der Waals surface area contributed by atoms with E-state index in [-0.39, 0.29) is 5.91 Å². The highest BCUT2D eigenvalue weighted by Gasteiger charge is 2.26. The Morgan fingerprint density at radius 1 is 1.20 bits per heavy atom. The lowest BCUT2D eigenvalue weighted by atomic mass is 9.96. The van der Waals surface area contributed by atoms with Gasteiger partial charge in [-0.15, -0.1) is 0 Å². The minimum atomic E-state index is -0.817. The summed E-state index contributed by atoms with van der Waals surface area (Å²) in [7, 11) is 0. The number of nitrogens with zero attached hydrogens (tertiary/aromatic N) is 1. The molecular weight excluding hydrogens is 312 g/mol. The van der Waals surface area contributed by atoms with Gasteiger partial charge in [0.2, 0.25) is 5.91 Å². The molecule has 130 valence electrons. The van der Waals surface area contributed by atoms with E-state index in [9.17, 15) is 4.79 Å². The molecule has 0 bridgehead atoms. The Morgan fingerprint density at radius 3 is 2.60 bits per heavy atom. The number of aromatic nitrogens is 2. The van der Waals surface area contributed by atoms with Gasteiger partial charge < -0.3 is 16.0 Å². The molecule has 5 heteroatoms. The number of hydrogen-bond donors (Lipinski definition) is 3. The number of para-hydroxylation sites is 2. The lowest BCUT2D eigenvalue weighted by molar-refractivity contribution is -0.126. The van der Waals surface area contributed by atoms with Crippen molar-refractivity contribution in [3.63, 3.8) is 0 Å². The molecule has 0 aliphatic carbocycles. The molecule has 0 saturated heterocycles. The predicted molar refractivity (Wildman–Crippen MR) is 101 cm³/mol. The van der Waals surface area contributed by atoms with E-state index in [1.807, 2.05) is 55.5 Å². The van der Waals surface area contributed by atoms with Crippen molar-refractivity contribution < 1.29 is 4.79 Å². The third kappa shape index (κ3) is 3.88. The second-order valence-electron chi connectivity index (χ2n) is 6.65. The van der Waals surface area contributed by atoms with Crippen molar-refractivity contribution in [2.45, 2.75) is 38.8 Å². The average molecular weight is 336 g/mol. The van der Waals surface area contributed by atoms with Gasteiger partial charge in [-0.25, -0.2) is 4.98 Å². The number of carbonyl (C=O) groups is 1. The number of nitrogens with one attached hydrogen (secondary N) is 2. The molecular formula is C20H24N4O. The molecule has 2 aromatic carbocycles. The van der Waals surface area contributed by atoms with E-state index in [2.05, 4.69) is 15.3 Å². The second-order valence-corrected chi connectivity index (χ2v) is 6.65. The van der Waals surface area contributed by atoms with E-state index in [0.717, 1.165) is 34.4 Å². The van der Waals surface area contributed by atoms with Crippen LogP contribution in [0.15, 0.2) is 48.5 Å². The van der Waals surface area contributed by atoms with Crippen molar-refractivity contribution in [2.24, 2.45) is 5.73 Å². The third-order valence-corrected chi connectivity index (χ3v) is 4.36. The average Bonchev–Trinajstić information content (AvgIpc) is 3.04. The number of fused-ring (bicyclic) bond motifs is 1. The van der Waals surface area contributed by atoms with Crippen molar-refractivity contribution in [1.82, 2.24) is 15.3 Å². The lowest BCUT2D eigenvalue weighted by Crippen LogP contribution is -2.51. The molecule has 0 aliphatic heterocycles. The minimum Gasteiger partial charge on any atom is -0.350 e. The van der Waals surface area contributed by atoms with Crippen molar-refractivity contribution in [3.8, 4) is 11.4 Å². The largest absolute Gasteiger partial charge is 0.350 e. The number of rotatable bonds is 6. The van der Waals surface area contributed by atoms with Gasteiger partial charge in [-0.2, -0.15) is 0 Å². The fourth-order valence-electron chi connectivity index (χ4n) is 2.89. The number of carbonyl (C=O) groups excluding carboxylic acids is 1. The van der Waals surface area contributed by atoms with Gasteiger partial charge >= 0.3 is 0 Å². The zero-order valence-corrected chi connectivity index (χ0v) is 14.7. The molecule has 25 heavy (non-hydrogen) atoms. The van der Waals surface area contributed by atoms with E-state index < -0.39 is 5.54 Å². The van der Waals surface area contributed by atoms with Gasteiger partial charge in [0.1, 0.15) is 5.82 Å². The van der Waals surface area contributed by atoms with Crippen LogP contribution in [0.4, 0.5) is 0 Å². The lowest BCUT2D eigenvalue weighted by Gasteiger charge is -2.22. The van der Waals surface area contributed by atoms with Crippen LogP contribution < -0.4 is 11.1 Å². The molecule has 1 aromatic heterocycles. The fraction of sp³-hybridized carbons (Fsp3) is 0.300. The first-order valence-corrected chi connectivity index (χ1v) is 8.61. The molecule has 0 spiro atoms. The van der Waals surface area contributed by atoms with Crippen molar-refractivity contribution in [3.05, 3.63) is 54.1 Å². The summed E-state index contributed by atoms with van der Waals surface area (Å²) in [4.78, 5) is 20.1. The summed E-state index contributed by atoms with van der Waals surface area (Å²) in [5.74, 6) is 0.727. The van der Waals surface area contributed by atoms with Gasteiger partial charge in [-0.05, 0) is 31.0 Å². The summed E-state index contributed by atoms with van der Waals surface area (Å²) < 4.78 is 0. The van der Waals surface area contributed by atoms with E-state index in [1.54, 1.807) is 6.92 Å². The smallest absolute Gasteiger partial charge is 0.240 e. The van der Waals surface area contributed by atoms with E-state index >= 15 is 0 Å². The monoisotopic (exact) mass is 336 g/mol. The maximum atomic E-state index is 12.2. The molecule has 1 heterocycles. The van der Waals surface area contributed by atoms with Crippen LogP contribution in [0.25, 0.3) is 22.4 Å². The topological polar surface area (TPSA) is 83.8 Å². The number of nitrogens with two attached hydrogens (primary N) is 1. The molecule has 0 fully saturated rings. The Hall–Kier alpha value is -2.66. The summed E-state index contributed by atoms with van der Waals surface area (Å²) in [5.41, 5.74) is 9.25. The summed E-state index contributed by atoms with van der Waals surface area (Å²) in [5, 5.41) is 2.92. The van der Waals surface area contributed by atoms with Crippen molar-refractivity contribution in [1.29, 1.82) is 0 Å². The Balaban J connectivity index is 1.67. The van der Waals surface area contributed by atoms with E-state index in [0.29, 0.717) is 13.0 Å². The van der Waals surface area contributed by atoms with Crippen molar-refractivity contribution >= 4 is 16.9 Å². The Morgan fingerprint density at radius 2 is 1.92 bits per heavy atom. The van der Waals surface area contributed by atoms with E-state index in [4.69, 9.17) is 5.73 Å². The molecule has 1 atom stereocenters. The first-order valence-electron chi connectivity index (χ1n) is 8.61. The zero-order chi connectivity index (χ0) is 17.9. The van der Waals surface area contributed by atoms with Gasteiger partial charge in [-0.3, -0.25) is 4.79 Å². The third-order valence-electron chi connectivity index (χ3n) is 4.36. The summed E-state index contributed by atoms with van der Waals surface area (Å²) in [6.07, 6.45) is 1.55. The quantitative estimate of drug-likeness (QED) is 0.645. The summed E-state index contributed by atoms with van der Waals surface area (Å²) in [6, 6.07) is 16.0. The molecule has 0 radical (unpaired) electrons. The first-order chi connectivity index (χ1) is 12.0. The highest BCUT2D eigenvalue weighted by atomic mass is 16.2. The maximum Gasteiger partial charge on any atom is 0.240 e. The number of aromatic amines is 1. The molecule has 1 amide bonds. The maximum absolute atomic E-state index is 12.2. The molecule has 3 aromatic rings. The molecule has 0 aliphatic rings. The van der Waals surface area contributed by atoms with Crippen LogP contribution in [0.5, 0.6) is 0 Å². The van der Waals surface area contributed by atoms with Crippen LogP contribution in [-0.2, 0) is 11.3 Å². The molecule has 5 nitrogen and oxygen atoms in total. The number of benzene rings is 2. The number of H-pyrrole nitrogens is 1. The van der Waals surface area contributed by atoms with Crippen LogP contribution in [0, 0.1) is 0 Å². The molecule has 3 rings (SSSR count). The van der Waals surface area contributed by atoms with Gasteiger partial charge in [0.25, 0.3) is 0 Å². The van der Waals surface area contributed by atoms with Crippen LogP contribution in [0.3, 0.4) is 0 Å². The number of imidazole rings is 1. The van der Waals surface area contributed by atoms with Gasteiger partial charge in [0.05, 0.1) is 16.6 Å². The molecule has 4 N–H and O–H groups in total. The molecule has 0 saturated carbocycles. The Kier molecular flexibility index (Phi) is 4.86. The van der Waals surface area contributed by atoms with Crippen LogP contribution in [0.2, 0.25) is 0 Å². The van der Waals surface area contributed by atoms with Crippen LogP contribution in [0.1, 0.15) is 32.3 Å². The Labute approximate surface area is 147 Å². The summed E-state index contributed by atoms with van der Waals surface area (Å²) >= 11 is 0. The highest BCUT2D eigenvalue weighted by Crippen LogP contribution is 2.20. The van der Waals surface area contributed by atoms with Gasteiger partial charge in [0, 0.05) is 12.1 Å². The number of amides is 1. The Bertz CT molecular complexity index is 832. The predicted octanol–water partition coefficient (Wildman–Crippen LogP) is 3.36. The van der Waals surface area contributed by atoms with E-state index in [1.165, 1.54) is 0 Å². The van der Waals surface area contributed by atoms with Gasteiger partial charge in [0.15, 0.2) is 0 Å².